The Labute approximate surface area is 97.4 Å². The number of ether oxygens (including phenoxy) is 1. The Morgan fingerprint density at radius 3 is 2.60 bits per heavy atom. The summed E-state index contributed by atoms with van der Waals surface area (Å²) in [6.45, 7) is 6.80. The van der Waals surface area contributed by atoms with E-state index in [0.29, 0.717) is 0 Å². The van der Waals surface area contributed by atoms with E-state index in [0.717, 1.165) is 19.4 Å². The van der Waals surface area contributed by atoms with Gasteiger partial charge in [0.2, 0.25) is 5.91 Å². The van der Waals surface area contributed by atoms with Gasteiger partial charge >= 0.3 is 0 Å². The molecule has 15 heavy (non-hydrogen) atoms. The highest BCUT2D eigenvalue weighted by Crippen LogP contribution is 2.16. The van der Waals surface area contributed by atoms with Gasteiger partial charge in [-0.15, -0.1) is 0 Å². The van der Waals surface area contributed by atoms with Crippen LogP contribution in [0.3, 0.4) is 0 Å². The maximum Gasteiger partial charge on any atom is 0.233 e. The largest absolute Gasteiger partial charge is 0.376 e. The molecular formula is C11H21NO2S. The second-order valence-electron chi connectivity index (χ2n) is 4.54. The Kier molecular flexibility index (Phi) is 4.93. The molecule has 4 heteroatoms. The van der Waals surface area contributed by atoms with Crippen molar-refractivity contribution in [1.29, 1.82) is 0 Å². The first-order valence-electron chi connectivity index (χ1n) is 5.62. The fourth-order valence-electron chi connectivity index (χ4n) is 1.70. The number of hydrogen-bond acceptors (Lipinski definition) is 3. The maximum absolute atomic E-state index is 11.7. The maximum atomic E-state index is 11.7. The van der Waals surface area contributed by atoms with Crippen LogP contribution < -0.4 is 5.32 Å². The molecule has 1 amide bonds. The van der Waals surface area contributed by atoms with Crippen molar-refractivity contribution in [2.45, 2.75) is 51.0 Å². The molecule has 0 saturated carbocycles. The van der Waals surface area contributed by atoms with Crippen LogP contribution in [0.1, 0.15) is 33.6 Å². The number of thiol groups is 1. The van der Waals surface area contributed by atoms with Crippen LogP contribution in [0.2, 0.25) is 0 Å². The molecule has 1 heterocycles. The smallest absolute Gasteiger partial charge is 0.233 e. The zero-order valence-electron chi connectivity index (χ0n) is 9.69. The van der Waals surface area contributed by atoms with Gasteiger partial charge < -0.3 is 10.1 Å². The summed E-state index contributed by atoms with van der Waals surface area (Å²) >= 11 is 4.28. The Morgan fingerprint density at radius 1 is 1.47 bits per heavy atom. The third-order valence-electron chi connectivity index (χ3n) is 2.79. The predicted octanol–water partition coefficient (Wildman–Crippen LogP) is 1.62. The van der Waals surface area contributed by atoms with E-state index >= 15 is 0 Å². The fourth-order valence-corrected chi connectivity index (χ4v) is 1.78. The van der Waals surface area contributed by atoms with E-state index < -0.39 is 0 Å². The van der Waals surface area contributed by atoms with Gasteiger partial charge in [0.05, 0.1) is 17.4 Å². The topological polar surface area (TPSA) is 38.3 Å². The van der Waals surface area contributed by atoms with Crippen LogP contribution >= 0.6 is 12.6 Å². The van der Waals surface area contributed by atoms with E-state index in [1.807, 2.05) is 20.8 Å². The molecule has 0 aromatic carbocycles. The van der Waals surface area contributed by atoms with Gasteiger partial charge in [-0.25, -0.2) is 0 Å². The quantitative estimate of drug-likeness (QED) is 0.722. The van der Waals surface area contributed by atoms with Crippen molar-refractivity contribution in [1.82, 2.24) is 5.32 Å². The summed E-state index contributed by atoms with van der Waals surface area (Å²) in [6.07, 6.45) is 2.32. The number of rotatable bonds is 4. The van der Waals surface area contributed by atoms with Gasteiger partial charge in [0.1, 0.15) is 0 Å². The van der Waals surface area contributed by atoms with Gasteiger partial charge in [0.25, 0.3) is 0 Å². The van der Waals surface area contributed by atoms with Crippen LogP contribution in [0.4, 0.5) is 0 Å². The van der Waals surface area contributed by atoms with Gasteiger partial charge in [0, 0.05) is 6.61 Å². The van der Waals surface area contributed by atoms with Crippen LogP contribution in [0.5, 0.6) is 0 Å². The highest BCUT2D eigenvalue weighted by molar-refractivity contribution is 7.81. The molecule has 0 spiro atoms. The number of hydrogen-bond donors (Lipinski definition) is 2. The molecule has 0 radical (unpaired) electrons. The third-order valence-corrected chi connectivity index (χ3v) is 3.62. The summed E-state index contributed by atoms with van der Waals surface area (Å²) in [7, 11) is 0. The summed E-state index contributed by atoms with van der Waals surface area (Å²) in [6, 6.07) is 0.0911. The minimum Gasteiger partial charge on any atom is -0.376 e. The van der Waals surface area contributed by atoms with Gasteiger partial charge in [-0.1, -0.05) is 13.8 Å². The molecule has 0 bridgehead atoms. The van der Waals surface area contributed by atoms with Crippen molar-refractivity contribution in [3.05, 3.63) is 0 Å². The lowest BCUT2D eigenvalue weighted by Crippen LogP contribution is -2.45. The van der Waals surface area contributed by atoms with Crippen LogP contribution in [-0.4, -0.2) is 29.9 Å². The first kappa shape index (κ1) is 12.8. The van der Waals surface area contributed by atoms with Crippen molar-refractivity contribution in [3.63, 3.8) is 0 Å². The molecule has 88 valence electrons. The van der Waals surface area contributed by atoms with E-state index in [1.165, 1.54) is 0 Å². The second kappa shape index (κ2) is 5.75. The van der Waals surface area contributed by atoms with Crippen LogP contribution in [0, 0.1) is 5.92 Å². The third kappa shape index (κ3) is 3.68. The number of carbonyl (C=O) groups is 1. The van der Waals surface area contributed by atoms with Crippen molar-refractivity contribution < 1.29 is 9.53 Å². The molecule has 1 rings (SSSR count). The van der Waals surface area contributed by atoms with Crippen molar-refractivity contribution >= 4 is 18.5 Å². The lowest BCUT2D eigenvalue weighted by Gasteiger charge is -2.23. The molecule has 1 N–H and O–H groups in total. The Bertz CT molecular complexity index is 215. The average molecular weight is 231 g/mol. The minimum absolute atomic E-state index is 0.0105. The molecular weight excluding hydrogens is 210 g/mol. The van der Waals surface area contributed by atoms with Crippen molar-refractivity contribution in [3.8, 4) is 0 Å². The predicted molar refractivity (Wildman–Crippen MR) is 64.2 cm³/mol. The highest BCUT2D eigenvalue weighted by Gasteiger charge is 2.26. The molecule has 1 aliphatic rings. The van der Waals surface area contributed by atoms with E-state index in [-0.39, 0.29) is 29.2 Å². The zero-order valence-corrected chi connectivity index (χ0v) is 10.6. The highest BCUT2D eigenvalue weighted by atomic mass is 32.1. The normalized spacial score (nSPS) is 25.3. The summed E-state index contributed by atoms with van der Waals surface area (Å²) in [5.41, 5.74) is 0. The SMILES string of the molecule is CC(C)C(S)C(=O)NC(C)C1CCCO1. The van der Waals surface area contributed by atoms with E-state index in [2.05, 4.69) is 17.9 Å². The van der Waals surface area contributed by atoms with Crippen LogP contribution in [0.25, 0.3) is 0 Å². The molecule has 3 nitrogen and oxygen atoms in total. The molecule has 0 aromatic rings. The van der Waals surface area contributed by atoms with Crippen molar-refractivity contribution in [2.24, 2.45) is 5.92 Å². The molecule has 1 aliphatic heterocycles. The number of nitrogens with one attached hydrogen (secondary N) is 1. The zero-order chi connectivity index (χ0) is 11.4. The standard InChI is InChI=1S/C11H21NO2S/c1-7(2)10(15)11(13)12-8(3)9-5-4-6-14-9/h7-10,15H,4-6H2,1-3H3,(H,12,13). The molecule has 3 atom stereocenters. The monoisotopic (exact) mass is 231 g/mol. The number of amides is 1. The van der Waals surface area contributed by atoms with Gasteiger partial charge in [-0.05, 0) is 25.7 Å². The van der Waals surface area contributed by atoms with E-state index in [4.69, 9.17) is 4.74 Å². The minimum atomic E-state index is -0.228. The average Bonchev–Trinajstić information content (AvgIpc) is 2.68. The lowest BCUT2D eigenvalue weighted by atomic mass is 10.1. The van der Waals surface area contributed by atoms with Gasteiger partial charge in [-0.2, -0.15) is 12.6 Å². The summed E-state index contributed by atoms with van der Waals surface area (Å²) in [5.74, 6) is 0.265. The first-order chi connectivity index (χ1) is 7.02. The Balaban J connectivity index is 2.36. The van der Waals surface area contributed by atoms with E-state index in [9.17, 15) is 4.79 Å². The first-order valence-corrected chi connectivity index (χ1v) is 6.14. The molecule has 1 fully saturated rings. The molecule has 0 aromatic heterocycles. The summed E-state index contributed by atoms with van der Waals surface area (Å²) in [5, 5.41) is 2.73. The van der Waals surface area contributed by atoms with E-state index in [1.54, 1.807) is 0 Å². The molecule has 0 aliphatic carbocycles. The van der Waals surface area contributed by atoms with Crippen molar-refractivity contribution in [2.75, 3.05) is 6.61 Å². The number of carbonyl (C=O) groups excluding carboxylic acids is 1. The van der Waals surface area contributed by atoms with Gasteiger partial charge in [0.15, 0.2) is 0 Å². The molecule has 3 unspecified atom stereocenters. The van der Waals surface area contributed by atoms with Crippen LogP contribution in [-0.2, 0) is 9.53 Å². The van der Waals surface area contributed by atoms with Gasteiger partial charge in [-0.3, -0.25) is 4.79 Å². The molecule has 1 saturated heterocycles. The van der Waals surface area contributed by atoms with Crippen LogP contribution in [0.15, 0.2) is 0 Å². The summed E-state index contributed by atoms with van der Waals surface area (Å²) < 4.78 is 5.52. The lowest BCUT2D eigenvalue weighted by molar-refractivity contribution is -0.122. The fraction of sp³-hybridized carbons (Fsp3) is 0.909. The summed E-state index contributed by atoms with van der Waals surface area (Å²) in [4.78, 5) is 11.7. The Morgan fingerprint density at radius 2 is 2.13 bits per heavy atom. The Hall–Kier alpha value is -0.220. The second-order valence-corrected chi connectivity index (χ2v) is 5.09.